The minimum absolute atomic E-state index is 0.00127. The number of fused-ring (bicyclic) bond motifs is 5. The van der Waals surface area contributed by atoms with Gasteiger partial charge in [-0.25, -0.2) is 0 Å². The molecule has 174 valence electrons. The molecule has 34 heavy (non-hydrogen) atoms. The molecule has 0 radical (unpaired) electrons. The van der Waals surface area contributed by atoms with Crippen LogP contribution in [-0.4, -0.2) is 6.71 Å². The van der Waals surface area contributed by atoms with Crippen LogP contribution < -0.4 is 25.9 Å². The first-order valence-corrected chi connectivity index (χ1v) is 13.5. The molecule has 6 rings (SSSR count). The Balaban J connectivity index is 1.66. The van der Waals surface area contributed by atoms with Crippen molar-refractivity contribution in [2.24, 2.45) is 0 Å². The van der Waals surface area contributed by atoms with Crippen molar-refractivity contribution in [2.45, 2.75) is 77.6 Å². The van der Waals surface area contributed by atoms with E-state index in [4.69, 9.17) is 9.47 Å². The summed E-state index contributed by atoms with van der Waals surface area (Å²) in [5.74, 6) is 3.85. The number of halogens is 1. The van der Waals surface area contributed by atoms with Crippen LogP contribution in [0.1, 0.15) is 78.0 Å². The molecule has 0 N–H and O–H groups in total. The summed E-state index contributed by atoms with van der Waals surface area (Å²) in [5, 5.41) is 0. The summed E-state index contributed by atoms with van der Waals surface area (Å²) < 4.78 is 14.5. The molecule has 2 heterocycles. The molecule has 0 amide bonds. The molecule has 1 aliphatic carbocycles. The lowest BCUT2D eigenvalue weighted by Crippen LogP contribution is -2.58. The predicted molar refractivity (Wildman–Crippen MR) is 151 cm³/mol. The fraction of sp³-hybridized carbons (Fsp3) is 0.400. The van der Waals surface area contributed by atoms with Crippen molar-refractivity contribution in [3.8, 4) is 23.0 Å². The predicted octanol–water partition coefficient (Wildman–Crippen LogP) is 6.67. The molecule has 0 aromatic heterocycles. The van der Waals surface area contributed by atoms with E-state index in [0.717, 1.165) is 23.0 Å². The first-order chi connectivity index (χ1) is 15.8. The van der Waals surface area contributed by atoms with Gasteiger partial charge in [0.05, 0.1) is 0 Å². The van der Waals surface area contributed by atoms with Crippen LogP contribution in [0.15, 0.2) is 42.5 Å². The second-order valence-electron chi connectivity index (χ2n) is 12.7. The van der Waals surface area contributed by atoms with E-state index in [2.05, 4.69) is 114 Å². The molecule has 0 saturated carbocycles. The van der Waals surface area contributed by atoms with E-state index in [0.29, 0.717) is 0 Å². The maximum Gasteiger partial charge on any atom is 0.260 e. The highest BCUT2D eigenvalue weighted by atomic mass is 127. The Morgan fingerprint density at radius 2 is 1.29 bits per heavy atom. The molecule has 3 aromatic rings. The summed E-state index contributed by atoms with van der Waals surface area (Å²) >= 11 is 2.38. The first-order valence-electron chi connectivity index (χ1n) is 12.4. The lowest BCUT2D eigenvalue weighted by molar-refractivity contribution is 0.330. The van der Waals surface area contributed by atoms with E-state index < -0.39 is 0 Å². The monoisotopic (exact) mass is 562 g/mol. The first kappa shape index (κ1) is 22.5. The van der Waals surface area contributed by atoms with Crippen molar-refractivity contribution in [2.75, 3.05) is 0 Å². The van der Waals surface area contributed by atoms with Gasteiger partial charge in [-0.2, -0.15) is 0 Å². The third-order valence-electron chi connectivity index (χ3n) is 8.28. The van der Waals surface area contributed by atoms with Crippen LogP contribution in [0.25, 0.3) is 0 Å². The van der Waals surface area contributed by atoms with E-state index >= 15 is 0 Å². The van der Waals surface area contributed by atoms with Crippen LogP contribution in [0.5, 0.6) is 23.0 Å². The Kier molecular flexibility index (Phi) is 4.67. The van der Waals surface area contributed by atoms with Gasteiger partial charge in [-0.3, -0.25) is 0 Å². The molecule has 4 heteroatoms. The van der Waals surface area contributed by atoms with Gasteiger partial charge >= 0.3 is 0 Å². The average Bonchev–Trinajstić information content (AvgIpc) is 2.75. The van der Waals surface area contributed by atoms with Crippen LogP contribution in [0.4, 0.5) is 0 Å². The summed E-state index contributed by atoms with van der Waals surface area (Å²) in [5.41, 5.74) is 8.11. The van der Waals surface area contributed by atoms with Crippen LogP contribution in [0.2, 0.25) is 0 Å². The summed E-state index contributed by atoms with van der Waals surface area (Å²) in [6, 6.07) is 15.9. The quantitative estimate of drug-likeness (QED) is 0.155. The summed E-state index contributed by atoms with van der Waals surface area (Å²) in [4.78, 5) is 0. The van der Waals surface area contributed by atoms with Crippen molar-refractivity contribution in [1.29, 1.82) is 0 Å². The number of hydrogen-bond donors (Lipinski definition) is 0. The Morgan fingerprint density at radius 1 is 0.735 bits per heavy atom. The molecular formula is C30H32BIO2. The Bertz CT molecular complexity index is 1360. The molecule has 0 bridgehead atoms. The van der Waals surface area contributed by atoms with Crippen molar-refractivity contribution in [3.63, 3.8) is 0 Å². The Hall–Kier alpha value is -1.95. The van der Waals surface area contributed by atoms with Gasteiger partial charge in [0.1, 0.15) is 23.0 Å². The second-order valence-corrected chi connectivity index (χ2v) is 13.9. The average molecular weight is 562 g/mol. The van der Waals surface area contributed by atoms with Crippen molar-refractivity contribution in [1.82, 2.24) is 0 Å². The molecule has 3 aliphatic rings. The van der Waals surface area contributed by atoms with Crippen LogP contribution in [-0.2, 0) is 16.2 Å². The Labute approximate surface area is 217 Å². The second kappa shape index (κ2) is 7.06. The van der Waals surface area contributed by atoms with Gasteiger partial charge in [0, 0.05) is 9.03 Å². The lowest BCUT2D eigenvalue weighted by atomic mass is 9.34. The van der Waals surface area contributed by atoms with Crippen LogP contribution >= 0.6 is 22.6 Å². The topological polar surface area (TPSA) is 18.5 Å². The third-order valence-corrected chi connectivity index (χ3v) is 8.95. The van der Waals surface area contributed by atoms with Gasteiger partial charge in [-0.1, -0.05) is 60.6 Å². The van der Waals surface area contributed by atoms with E-state index in [1.807, 2.05) is 0 Å². The zero-order chi connectivity index (χ0) is 24.2. The maximum atomic E-state index is 6.74. The minimum Gasteiger partial charge on any atom is -0.458 e. The van der Waals surface area contributed by atoms with Gasteiger partial charge in [0.15, 0.2) is 0 Å². The van der Waals surface area contributed by atoms with Gasteiger partial charge in [0.25, 0.3) is 6.71 Å². The van der Waals surface area contributed by atoms with Crippen molar-refractivity contribution < 1.29 is 9.47 Å². The number of benzene rings is 3. The fourth-order valence-electron chi connectivity index (χ4n) is 5.96. The summed E-state index contributed by atoms with van der Waals surface area (Å²) in [6.07, 6.45) is 2.39. The van der Waals surface area contributed by atoms with Gasteiger partial charge in [0.2, 0.25) is 0 Å². The normalized spacial score (nSPS) is 18.6. The fourth-order valence-corrected chi connectivity index (χ4v) is 6.43. The van der Waals surface area contributed by atoms with E-state index in [9.17, 15) is 0 Å². The zero-order valence-electron chi connectivity index (χ0n) is 21.2. The minimum atomic E-state index is 0.00127. The summed E-state index contributed by atoms with van der Waals surface area (Å²) in [6.45, 7) is 16.4. The maximum absolute atomic E-state index is 6.74. The highest BCUT2D eigenvalue weighted by Gasteiger charge is 2.44. The van der Waals surface area contributed by atoms with E-state index in [1.165, 1.54) is 49.5 Å². The summed E-state index contributed by atoms with van der Waals surface area (Å²) in [7, 11) is 0. The number of rotatable bonds is 0. The van der Waals surface area contributed by atoms with E-state index in [-0.39, 0.29) is 23.0 Å². The largest absolute Gasteiger partial charge is 0.458 e. The Morgan fingerprint density at radius 3 is 1.88 bits per heavy atom. The van der Waals surface area contributed by atoms with Crippen LogP contribution in [0, 0.1) is 3.57 Å². The molecule has 0 unspecified atom stereocenters. The highest BCUT2D eigenvalue weighted by Crippen LogP contribution is 2.48. The highest BCUT2D eigenvalue weighted by molar-refractivity contribution is 14.1. The smallest absolute Gasteiger partial charge is 0.260 e. The SMILES string of the molecule is CC(C)(C)c1cc2c3c(c1)Oc1cc4c(cc1B3c1ccc(I)cc1O2)C(C)(C)CCC4(C)C. The molecule has 0 atom stereocenters. The molecule has 2 aliphatic heterocycles. The standard InChI is InChI=1S/C30H32BIO2/c1-28(2,3)17-12-25-27-26(13-17)34-24-16-20-19(29(4,5)10-11-30(20,6)7)15-22(24)31(27)21-9-8-18(32)14-23(21)33-25/h8-9,12-16H,10-11H2,1-7H3. The molecule has 0 spiro atoms. The van der Waals surface area contributed by atoms with Gasteiger partial charge in [-0.05, 0) is 110 Å². The third kappa shape index (κ3) is 3.27. The van der Waals surface area contributed by atoms with Gasteiger partial charge in [-0.15, -0.1) is 0 Å². The molecule has 0 fully saturated rings. The number of ether oxygens (including phenoxy) is 2. The van der Waals surface area contributed by atoms with Crippen molar-refractivity contribution >= 4 is 45.7 Å². The van der Waals surface area contributed by atoms with Crippen molar-refractivity contribution in [3.05, 3.63) is 62.7 Å². The van der Waals surface area contributed by atoms with E-state index in [1.54, 1.807) is 0 Å². The van der Waals surface area contributed by atoms with Gasteiger partial charge < -0.3 is 9.47 Å². The molecular weight excluding hydrogens is 530 g/mol. The molecule has 0 saturated heterocycles. The lowest BCUT2D eigenvalue weighted by Gasteiger charge is -2.43. The zero-order valence-corrected chi connectivity index (χ0v) is 23.4. The number of hydrogen-bond acceptors (Lipinski definition) is 2. The molecule has 2 nitrogen and oxygen atoms in total. The van der Waals surface area contributed by atoms with Crippen LogP contribution in [0.3, 0.4) is 0 Å². The molecule has 3 aromatic carbocycles.